The molecule has 48 valence electrons. The summed E-state index contributed by atoms with van der Waals surface area (Å²) < 4.78 is 0.0352. The van der Waals surface area contributed by atoms with Gasteiger partial charge < -0.3 is 10.6 Å². The van der Waals surface area contributed by atoms with Crippen molar-refractivity contribution < 1.29 is 4.79 Å². The molecule has 0 bridgehead atoms. The molecule has 0 aromatic heterocycles. The average molecular weight is 228 g/mol. The lowest BCUT2D eigenvalue weighted by Crippen LogP contribution is -2.26. The van der Waals surface area contributed by atoms with E-state index in [2.05, 4.69) is 0 Å². The Bertz CT molecular complexity index is 86.1. The Balaban J connectivity index is 3.32. The Hall–Kier alpha value is 0.160. The highest BCUT2D eigenvalue weighted by Crippen LogP contribution is 1.92. The molecule has 0 aliphatic carbocycles. The number of amides is 1. The summed E-state index contributed by atoms with van der Waals surface area (Å²) in [5.74, 6) is 0. The molecule has 0 saturated heterocycles. The zero-order valence-electron chi connectivity index (χ0n) is 4.72. The maximum absolute atomic E-state index is 10.4. The van der Waals surface area contributed by atoms with E-state index in [0.717, 1.165) is 0 Å². The van der Waals surface area contributed by atoms with E-state index in [0.29, 0.717) is 13.1 Å². The van der Waals surface area contributed by atoms with Gasteiger partial charge in [-0.15, -0.1) is 0 Å². The van der Waals surface area contributed by atoms with Crippen LogP contribution in [0.1, 0.15) is 0 Å². The second-order valence-corrected chi connectivity index (χ2v) is 2.39. The highest BCUT2D eigenvalue weighted by atomic mass is 127. The Morgan fingerprint density at radius 1 is 1.88 bits per heavy atom. The summed E-state index contributed by atoms with van der Waals surface area (Å²) in [6.45, 7) is 1.17. The summed E-state index contributed by atoms with van der Waals surface area (Å²) in [6.07, 6.45) is 0. The normalized spacial score (nSPS) is 8.88. The van der Waals surface area contributed by atoms with Crippen LogP contribution in [0, 0.1) is 0 Å². The summed E-state index contributed by atoms with van der Waals surface area (Å²) in [4.78, 5) is 12.0. The number of carbonyl (C=O) groups excluding carboxylic acids is 1. The maximum atomic E-state index is 10.4. The van der Waals surface area contributed by atoms with Gasteiger partial charge in [-0.2, -0.15) is 0 Å². The molecule has 1 amide bonds. The maximum Gasteiger partial charge on any atom is 0.282 e. The molecule has 0 fully saturated rings. The van der Waals surface area contributed by atoms with Gasteiger partial charge in [0.05, 0.1) is 0 Å². The molecule has 0 radical (unpaired) electrons. The van der Waals surface area contributed by atoms with Gasteiger partial charge in [-0.05, 0) is 0 Å². The van der Waals surface area contributed by atoms with Crippen molar-refractivity contribution in [1.82, 2.24) is 4.90 Å². The van der Waals surface area contributed by atoms with Crippen LogP contribution in [0.4, 0.5) is 4.79 Å². The van der Waals surface area contributed by atoms with Crippen LogP contribution in [0.25, 0.3) is 0 Å². The molecule has 8 heavy (non-hydrogen) atoms. The number of rotatable bonds is 2. The molecular formula is C4H9IN2O. The standard InChI is InChI=1S/C4H9IN2O/c1-7(3-2-6)4(5)8/h2-3,6H2,1H3. The molecule has 0 rings (SSSR count). The summed E-state index contributed by atoms with van der Waals surface area (Å²) in [7, 11) is 1.72. The van der Waals surface area contributed by atoms with Crippen LogP contribution in [0.3, 0.4) is 0 Å². The van der Waals surface area contributed by atoms with E-state index in [4.69, 9.17) is 5.73 Å². The number of nitrogens with zero attached hydrogens (tertiary/aromatic N) is 1. The second-order valence-electron chi connectivity index (χ2n) is 1.46. The third kappa shape index (κ3) is 3.20. The van der Waals surface area contributed by atoms with E-state index < -0.39 is 0 Å². The van der Waals surface area contributed by atoms with E-state index in [1.54, 1.807) is 34.5 Å². The van der Waals surface area contributed by atoms with E-state index in [1.165, 1.54) is 0 Å². The first-order valence-corrected chi connectivity index (χ1v) is 3.37. The molecule has 0 atom stereocenters. The van der Waals surface area contributed by atoms with Crippen molar-refractivity contribution in [3.63, 3.8) is 0 Å². The lowest BCUT2D eigenvalue weighted by atomic mass is 10.6. The van der Waals surface area contributed by atoms with Gasteiger partial charge in [0.1, 0.15) is 0 Å². The summed E-state index contributed by atoms with van der Waals surface area (Å²) >= 11 is 1.72. The molecule has 0 aromatic carbocycles. The van der Waals surface area contributed by atoms with Gasteiger partial charge in [-0.1, -0.05) is 0 Å². The third-order valence-corrected chi connectivity index (χ3v) is 1.59. The van der Waals surface area contributed by atoms with Crippen molar-refractivity contribution >= 4 is 26.5 Å². The number of hydrogen-bond acceptors (Lipinski definition) is 2. The van der Waals surface area contributed by atoms with E-state index in [-0.39, 0.29) is 3.91 Å². The number of nitrogens with two attached hydrogens (primary N) is 1. The number of halogens is 1. The van der Waals surface area contributed by atoms with Gasteiger partial charge in [0.25, 0.3) is 3.91 Å². The van der Waals surface area contributed by atoms with E-state index >= 15 is 0 Å². The zero-order chi connectivity index (χ0) is 6.57. The highest BCUT2D eigenvalue weighted by molar-refractivity contribution is 14.1. The molecule has 0 aliphatic heterocycles. The first-order chi connectivity index (χ1) is 3.68. The minimum atomic E-state index is 0.0352. The number of likely N-dealkylation sites (N-methyl/N-ethyl adjacent to an activating group) is 1. The van der Waals surface area contributed by atoms with Crippen LogP contribution in [0.5, 0.6) is 0 Å². The van der Waals surface area contributed by atoms with Crippen LogP contribution in [0.15, 0.2) is 0 Å². The van der Waals surface area contributed by atoms with Crippen molar-refractivity contribution in [2.45, 2.75) is 0 Å². The smallest absolute Gasteiger partial charge is 0.282 e. The Morgan fingerprint density at radius 2 is 2.38 bits per heavy atom. The first kappa shape index (κ1) is 8.16. The Morgan fingerprint density at radius 3 is 2.50 bits per heavy atom. The summed E-state index contributed by atoms with van der Waals surface area (Å²) in [6, 6.07) is 0. The zero-order valence-corrected chi connectivity index (χ0v) is 6.88. The average Bonchev–Trinajstić information content (AvgIpc) is 1.67. The van der Waals surface area contributed by atoms with Crippen molar-refractivity contribution in [2.75, 3.05) is 20.1 Å². The molecule has 2 N–H and O–H groups in total. The lowest BCUT2D eigenvalue weighted by molar-refractivity contribution is 0.237. The van der Waals surface area contributed by atoms with Crippen molar-refractivity contribution in [3.8, 4) is 0 Å². The molecular weight excluding hydrogens is 219 g/mol. The van der Waals surface area contributed by atoms with Gasteiger partial charge >= 0.3 is 0 Å². The fraction of sp³-hybridized carbons (Fsp3) is 0.750. The van der Waals surface area contributed by atoms with Crippen molar-refractivity contribution in [2.24, 2.45) is 5.73 Å². The quantitative estimate of drug-likeness (QED) is 0.423. The van der Waals surface area contributed by atoms with Crippen LogP contribution < -0.4 is 5.73 Å². The molecule has 3 nitrogen and oxygen atoms in total. The van der Waals surface area contributed by atoms with Gasteiger partial charge in [0.15, 0.2) is 0 Å². The Kier molecular flexibility index (Phi) is 4.16. The largest absolute Gasteiger partial charge is 0.336 e. The minimum absolute atomic E-state index is 0.0352. The first-order valence-electron chi connectivity index (χ1n) is 2.29. The molecule has 0 unspecified atom stereocenters. The second kappa shape index (κ2) is 4.08. The molecule has 0 aliphatic rings. The van der Waals surface area contributed by atoms with Crippen molar-refractivity contribution in [3.05, 3.63) is 0 Å². The SMILES string of the molecule is CN(CCN)C(=O)I. The van der Waals surface area contributed by atoms with Crippen LogP contribution in [0.2, 0.25) is 0 Å². The molecule has 0 heterocycles. The molecule has 0 saturated carbocycles. The molecule has 0 spiro atoms. The topological polar surface area (TPSA) is 46.3 Å². The van der Waals surface area contributed by atoms with Crippen LogP contribution in [-0.2, 0) is 0 Å². The summed E-state index contributed by atoms with van der Waals surface area (Å²) in [5, 5.41) is 0. The predicted molar refractivity (Wildman–Crippen MR) is 41.1 cm³/mol. The van der Waals surface area contributed by atoms with Gasteiger partial charge in [0.2, 0.25) is 0 Å². The third-order valence-electron chi connectivity index (χ3n) is 0.765. The van der Waals surface area contributed by atoms with Crippen LogP contribution in [-0.4, -0.2) is 29.0 Å². The molecule has 4 heteroatoms. The molecule has 0 aromatic rings. The number of carbonyl (C=O) groups is 1. The van der Waals surface area contributed by atoms with Gasteiger partial charge in [-0.25, -0.2) is 0 Å². The van der Waals surface area contributed by atoms with Crippen molar-refractivity contribution in [1.29, 1.82) is 0 Å². The predicted octanol–water partition coefficient (Wildman–Crippen LogP) is 0.432. The summed E-state index contributed by atoms with van der Waals surface area (Å²) in [5.41, 5.74) is 5.17. The monoisotopic (exact) mass is 228 g/mol. The van der Waals surface area contributed by atoms with Gasteiger partial charge in [-0.3, -0.25) is 4.79 Å². The fourth-order valence-electron chi connectivity index (χ4n) is 0.282. The number of hydrogen-bond donors (Lipinski definition) is 1. The van der Waals surface area contributed by atoms with Crippen LogP contribution >= 0.6 is 22.6 Å². The fourth-order valence-corrected chi connectivity index (χ4v) is 0.523. The van der Waals surface area contributed by atoms with E-state index in [1.807, 2.05) is 0 Å². The highest BCUT2D eigenvalue weighted by Gasteiger charge is 1.98. The van der Waals surface area contributed by atoms with E-state index in [9.17, 15) is 4.79 Å². The Labute approximate surface area is 62.4 Å². The van der Waals surface area contributed by atoms with Gasteiger partial charge in [0, 0.05) is 42.7 Å². The minimum Gasteiger partial charge on any atom is -0.336 e. The lowest BCUT2D eigenvalue weighted by Gasteiger charge is -2.10.